The van der Waals surface area contributed by atoms with Gasteiger partial charge in [0.25, 0.3) is 0 Å². The molecule has 11 atom stereocenters. The Morgan fingerprint density at radius 3 is 1.55 bits per heavy atom. The van der Waals surface area contributed by atoms with E-state index in [1.54, 1.807) is 47.8 Å². The Balaban J connectivity index is 6.55. The molecule has 0 bridgehead atoms. The van der Waals surface area contributed by atoms with Crippen LogP contribution < -0.4 is 65.1 Å². The van der Waals surface area contributed by atoms with Crippen LogP contribution in [0.15, 0.2) is 0 Å². The molecule has 27 nitrogen and oxygen atoms in total. The highest BCUT2D eigenvalue weighted by molar-refractivity contribution is 7.98. The van der Waals surface area contributed by atoms with Gasteiger partial charge in [-0.3, -0.25) is 48.6 Å². The number of carboxylic acids is 2. The summed E-state index contributed by atoms with van der Waals surface area (Å²) >= 11 is 1.37. The maximum Gasteiger partial charge on any atom is 0.326 e. The number of aliphatic hydroxyl groups is 2. The molecular formula is C46H85N13O14S. The summed E-state index contributed by atoms with van der Waals surface area (Å²) < 4.78 is 0. The lowest BCUT2D eigenvalue weighted by atomic mass is 9.98. The lowest BCUT2D eigenvalue weighted by Gasteiger charge is -2.29. The van der Waals surface area contributed by atoms with Gasteiger partial charge in [-0.05, 0) is 88.2 Å². The minimum absolute atomic E-state index is 0.0126. The van der Waals surface area contributed by atoms with Crippen molar-refractivity contribution in [2.75, 3.05) is 31.7 Å². The van der Waals surface area contributed by atoms with E-state index in [1.807, 2.05) is 0 Å². The lowest BCUT2D eigenvalue weighted by molar-refractivity contribution is -0.144. The van der Waals surface area contributed by atoms with E-state index in [1.165, 1.54) is 11.8 Å². The minimum Gasteiger partial charge on any atom is -0.481 e. The number of carbonyl (C=O) groups excluding carboxylic acids is 8. The molecule has 0 saturated heterocycles. The van der Waals surface area contributed by atoms with Crippen molar-refractivity contribution in [3.05, 3.63) is 0 Å². The molecule has 0 unspecified atom stereocenters. The van der Waals surface area contributed by atoms with Gasteiger partial charge in [0.15, 0.2) is 5.96 Å². The molecule has 0 fully saturated rings. The first-order valence-corrected chi connectivity index (χ1v) is 26.2. The maximum atomic E-state index is 13.9. The SMILES string of the molecule is CC[C@H](C)[C@H](NC(=O)[C@H](CCSC)NC(=O)[C@@H](NC(=O)[C@@H](NC(=O)[C@H](CO)NC(=O)[C@H](CCCNC(=N)N)NC(=O)[C@H](CCC(=O)O)NC(=O)[C@H](CC(C)C)NC(=O)[C@@H](N)CCCCN)[C@@H](C)O)C(C)C)C(=O)O. The average molecular weight is 1080 g/mol. The molecule has 424 valence electrons. The zero-order valence-corrected chi connectivity index (χ0v) is 44.7. The predicted octanol–water partition coefficient (Wildman–Crippen LogP) is -3.59. The Morgan fingerprint density at radius 2 is 1.07 bits per heavy atom. The number of amides is 8. The third kappa shape index (κ3) is 26.4. The second kappa shape index (κ2) is 36.2. The van der Waals surface area contributed by atoms with E-state index in [0.29, 0.717) is 31.6 Å². The molecule has 0 saturated carbocycles. The van der Waals surface area contributed by atoms with Gasteiger partial charge in [-0.2, -0.15) is 11.8 Å². The zero-order valence-electron chi connectivity index (χ0n) is 43.9. The first kappa shape index (κ1) is 68.2. The summed E-state index contributed by atoms with van der Waals surface area (Å²) in [4.78, 5) is 133. The van der Waals surface area contributed by atoms with Gasteiger partial charge in [-0.15, -0.1) is 0 Å². The highest BCUT2D eigenvalue weighted by atomic mass is 32.2. The molecule has 0 aromatic heterocycles. The van der Waals surface area contributed by atoms with Crippen molar-refractivity contribution >= 4 is 76.9 Å². The summed E-state index contributed by atoms with van der Waals surface area (Å²) in [6.45, 7) is 10.6. The number of rotatable bonds is 38. The van der Waals surface area contributed by atoms with Crippen LogP contribution in [-0.4, -0.2) is 178 Å². The van der Waals surface area contributed by atoms with Gasteiger partial charge >= 0.3 is 11.9 Å². The van der Waals surface area contributed by atoms with E-state index in [-0.39, 0.29) is 44.6 Å². The van der Waals surface area contributed by atoms with E-state index >= 15 is 0 Å². The largest absolute Gasteiger partial charge is 0.481 e. The van der Waals surface area contributed by atoms with Crippen LogP contribution in [0.1, 0.15) is 113 Å². The quantitative estimate of drug-likeness (QED) is 0.0161. The van der Waals surface area contributed by atoms with Crippen molar-refractivity contribution in [1.29, 1.82) is 5.41 Å². The molecule has 28 heteroatoms. The van der Waals surface area contributed by atoms with Crippen LogP contribution in [0.25, 0.3) is 0 Å². The van der Waals surface area contributed by atoms with Gasteiger partial charge in [0.1, 0.15) is 48.3 Å². The van der Waals surface area contributed by atoms with Crippen molar-refractivity contribution in [3.8, 4) is 0 Å². The molecule has 0 aliphatic rings. The van der Waals surface area contributed by atoms with Crippen LogP contribution >= 0.6 is 11.8 Å². The number of nitrogens with one attached hydrogen (secondary N) is 10. The molecule has 0 aromatic carbocycles. The minimum atomic E-state index is -1.85. The van der Waals surface area contributed by atoms with Crippen molar-refractivity contribution in [1.82, 2.24) is 47.9 Å². The summed E-state index contributed by atoms with van der Waals surface area (Å²) in [6, 6.07) is -12.8. The Labute approximate surface area is 437 Å². The molecule has 0 radical (unpaired) electrons. The molecular weight excluding hydrogens is 991 g/mol. The summed E-state index contributed by atoms with van der Waals surface area (Å²) in [5, 5.41) is 69.8. The first-order chi connectivity index (χ1) is 34.6. The smallest absolute Gasteiger partial charge is 0.326 e. The van der Waals surface area contributed by atoms with Gasteiger partial charge < -0.3 is 85.5 Å². The fraction of sp³-hybridized carbons (Fsp3) is 0.761. The molecule has 0 aliphatic heterocycles. The van der Waals surface area contributed by atoms with Crippen LogP contribution in [-0.2, 0) is 47.9 Å². The summed E-state index contributed by atoms with van der Waals surface area (Å²) in [5.41, 5.74) is 17.0. The van der Waals surface area contributed by atoms with Gasteiger partial charge in [0, 0.05) is 13.0 Å². The Kier molecular flexibility index (Phi) is 33.3. The second-order valence-corrected chi connectivity index (χ2v) is 19.9. The van der Waals surface area contributed by atoms with Crippen LogP contribution in [0, 0.1) is 23.2 Å². The summed E-state index contributed by atoms with van der Waals surface area (Å²) in [5.74, 6) is -11.4. The standard InChI is InChI=1S/C46H85N13O14S/c1-9-25(6)35(45(72)73)58-40(67)30(17-20-74-8)54-43(70)34(24(4)5)57-44(71)36(26(7)61)59-42(69)32(22-60)56-38(65)28(14-12-19-51-46(49)50)52-39(66)29(15-16-33(62)63)53-41(68)31(21-23(2)3)55-37(64)27(48)13-10-11-18-47/h23-32,34-36,60-61H,9-22,47-48H2,1-8H3,(H,52,66)(H,53,68)(H,54,70)(H,55,64)(H,56,65)(H,57,71)(H,58,67)(H,59,69)(H,62,63)(H,72,73)(H4,49,50,51)/t25-,26+,27-,28-,29-,30-,31-,32-,34-,35-,36-/m0/s1. The highest BCUT2D eigenvalue weighted by Gasteiger charge is 2.37. The number of hydrogen-bond donors (Lipinski definition) is 17. The lowest BCUT2D eigenvalue weighted by Crippen LogP contribution is -2.63. The average Bonchev–Trinajstić information content (AvgIpc) is 3.32. The van der Waals surface area contributed by atoms with Crippen LogP contribution in [0.2, 0.25) is 0 Å². The molecule has 20 N–H and O–H groups in total. The monoisotopic (exact) mass is 1080 g/mol. The Bertz CT molecular complexity index is 1860. The number of thioether (sulfide) groups is 1. The second-order valence-electron chi connectivity index (χ2n) is 18.9. The number of nitrogens with two attached hydrogens (primary N) is 3. The number of guanidine groups is 1. The number of carboxylic acid groups (broad SMARTS) is 2. The number of aliphatic carboxylic acids is 2. The van der Waals surface area contributed by atoms with Gasteiger partial charge in [0.05, 0.1) is 18.8 Å². The van der Waals surface area contributed by atoms with Crippen molar-refractivity contribution < 1.29 is 68.4 Å². The molecule has 0 spiro atoms. The summed E-state index contributed by atoms with van der Waals surface area (Å²) in [6.07, 6.45) is 0.928. The van der Waals surface area contributed by atoms with E-state index in [9.17, 15) is 68.4 Å². The Hall–Kier alpha value is -5.84. The van der Waals surface area contributed by atoms with Gasteiger partial charge in [-0.1, -0.05) is 54.4 Å². The van der Waals surface area contributed by atoms with Gasteiger partial charge in [0.2, 0.25) is 47.3 Å². The fourth-order valence-electron chi connectivity index (χ4n) is 7.11. The molecule has 8 amide bonds. The van der Waals surface area contributed by atoms with Crippen LogP contribution in [0.5, 0.6) is 0 Å². The third-order valence-corrected chi connectivity index (χ3v) is 12.3. The number of carbonyl (C=O) groups is 10. The topological polar surface area (TPSA) is 462 Å². The number of hydrogen-bond acceptors (Lipinski definition) is 16. The first-order valence-electron chi connectivity index (χ1n) is 24.8. The molecule has 0 aliphatic carbocycles. The fourth-order valence-corrected chi connectivity index (χ4v) is 7.58. The predicted molar refractivity (Wildman–Crippen MR) is 275 cm³/mol. The van der Waals surface area contributed by atoms with Crippen molar-refractivity contribution in [2.24, 2.45) is 35.0 Å². The maximum absolute atomic E-state index is 13.9. The zero-order chi connectivity index (χ0) is 56.8. The van der Waals surface area contributed by atoms with Crippen LogP contribution in [0.3, 0.4) is 0 Å². The van der Waals surface area contributed by atoms with Crippen molar-refractivity contribution in [3.63, 3.8) is 0 Å². The Morgan fingerprint density at radius 1 is 0.595 bits per heavy atom. The molecule has 0 aromatic rings. The van der Waals surface area contributed by atoms with Gasteiger partial charge in [-0.25, -0.2) is 4.79 Å². The molecule has 0 heterocycles. The number of aliphatic hydroxyl groups excluding tert-OH is 2. The van der Waals surface area contributed by atoms with E-state index in [4.69, 9.17) is 22.6 Å². The van der Waals surface area contributed by atoms with E-state index < -0.39 is 157 Å². The van der Waals surface area contributed by atoms with E-state index in [0.717, 1.165) is 6.92 Å². The number of unbranched alkanes of at least 4 members (excludes halogenated alkanes) is 1. The highest BCUT2D eigenvalue weighted by Crippen LogP contribution is 2.13. The van der Waals surface area contributed by atoms with E-state index in [2.05, 4.69) is 47.9 Å². The molecule has 74 heavy (non-hydrogen) atoms. The van der Waals surface area contributed by atoms with Crippen molar-refractivity contribution in [2.45, 2.75) is 173 Å². The third-order valence-electron chi connectivity index (χ3n) is 11.7. The normalized spacial score (nSPS) is 15.7. The molecule has 0 rings (SSSR count). The van der Waals surface area contributed by atoms with Crippen LogP contribution in [0.4, 0.5) is 0 Å². The summed E-state index contributed by atoms with van der Waals surface area (Å²) in [7, 11) is 0.